The Hall–Kier alpha value is -2.47. The fraction of sp³-hybridized carbons (Fsp3) is 0.0714. The molecule has 3 rings (SSSR count). The summed E-state index contributed by atoms with van der Waals surface area (Å²) in [6.07, 6.45) is 5.06. The van der Waals surface area contributed by atoms with Crippen LogP contribution in [0.4, 0.5) is 10.8 Å². The van der Waals surface area contributed by atoms with Gasteiger partial charge in [0.1, 0.15) is 4.88 Å². The molecule has 2 aromatic heterocycles. The number of carbonyl (C=O) groups excluding carboxylic acids is 1. The van der Waals surface area contributed by atoms with E-state index >= 15 is 0 Å². The molecule has 0 radical (unpaired) electrons. The van der Waals surface area contributed by atoms with Crippen LogP contribution in [0.15, 0.2) is 42.9 Å². The van der Waals surface area contributed by atoms with Crippen LogP contribution in [0.25, 0.3) is 10.8 Å². The fourth-order valence-electron chi connectivity index (χ4n) is 1.87. The van der Waals surface area contributed by atoms with Gasteiger partial charge in [-0.25, -0.2) is 9.78 Å². The quantitative estimate of drug-likeness (QED) is 0.748. The third kappa shape index (κ3) is 2.33. The van der Waals surface area contributed by atoms with Crippen molar-refractivity contribution in [3.05, 3.63) is 47.7 Å². The molecular formula is C14H11N3O2S. The zero-order chi connectivity index (χ0) is 13.9. The van der Waals surface area contributed by atoms with Crippen LogP contribution in [-0.2, 0) is 4.74 Å². The molecule has 0 aliphatic rings. The monoisotopic (exact) mass is 285 g/mol. The van der Waals surface area contributed by atoms with Gasteiger partial charge in [-0.1, -0.05) is 23.5 Å². The van der Waals surface area contributed by atoms with E-state index in [1.165, 1.54) is 24.6 Å². The molecule has 0 aliphatic carbocycles. The highest BCUT2D eigenvalue weighted by Crippen LogP contribution is 2.28. The maximum Gasteiger partial charge on any atom is 0.349 e. The van der Waals surface area contributed by atoms with E-state index in [1.54, 1.807) is 6.20 Å². The van der Waals surface area contributed by atoms with E-state index in [4.69, 9.17) is 0 Å². The van der Waals surface area contributed by atoms with Crippen molar-refractivity contribution in [2.24, 2.45) is 0 Å². The second-order valence-electron chi connectivity index (χ2n) is 4.05. The number of esters is 1. The standard InChI is InChI=1S/C14H11N3O2S/c1-19-13(18)12-8-16-14(20-12)17-11-4-2-3-9-7-15-6-5-10(9)11/h2-8H,1H3,(H,16,17). The molecule has 0 bridgehead atoms. The van der Waals surface area contributed by atoms with Gasteiger partial charge in [-0.05, 0) is 12.1 Å². The first-order valence-corrected chi connectivity index (χ1v) is 6.73. The maximum atomic E-state index is 11.4. The van der Waals surface area contributed by atoms with Crippen LogP contribution >= 0.6 is 11.3 Å². The number of nitrogens with zero attached hydrogens (tertiary/aromatic N) is 2. The zero-order valence-electron chi connectivity index (χ0n) is 10.7. The van der Waals surface area contributed by atoms with Gasteiger partial charge in [0.2, 0.25) is 0 Å². The number of methoxy groups -OCH3 is 1. The van der Waals surface area contributed by atoms with Crippen molar-refractivity contribution in [1.29, 1.82) is 0 Å². The van der Waals surface area contributed by atoms with Gasteiger partial charge in [0.05, 0.1) is 13.3 Å². The lowest BCUT2D eigenvalue weighted by molar-refractivity contribution is 0.0606. The normalized spacial score (nSPS) is 10.4. The van der Waals surface area contributed by atoms with Crippen molar-refractivity contribution in [1.82, 2.24) is 9.97 Å². The molecule has 0 atom stereocenters. The summed E-state index contributed by atoms with van der Waals surface area (Å²) in [5.41, 5.74) is 0.927. The molecule has 1 N–H and O–H groups in total. The smallest absolute Gasteiger partial charge is 0.349 e. The molecule has 5 nitrogen and oxygen atoms in total. The lowest BCUT2D eigenvalue weighted by atomic mass is 10.1. The van der Waals surface area contributed by atoms with Crippen molar-refractivity contribution in [2.45, 2.75) is 0 Å². The summed E-state index contributed by atoms with van der Waals surface area (Å²) in [5, 5.41) is 5.96. The molecular weight excluding hydrogens is 274 g/mol. The summed E-state index contributed by atoms with van der Waals surface area (Å²) in [6, 6.07) is 7.84. The van der Waals surface area contributed by atoms with E-state index in [2.05, 4.69) is 20.0 Å². The van der Waals surface area contributed by atoms with E-state index in [9.17, 15) is 4.79 Å². The zero-order valence-corrected chi connectivity index (χ0v) is 11.5. The first-order chi connectivity index (χ1) is 9.78. The predicted molar refractivity (Wildman–Crippen MR) is 78.5 cm³/mol. The van der Waals surface area contributed by atoms with Crippen molar-refractivity contribution < 1.29 is 9.53 Å². The molecule has 100 valence electrons. The molecule has 0 unspecified atom stereocenters. The van der Waals surface area contributed by atoms with Crippen LogP contribution in [0, 0.1) is 0 Å². The highest BCUT2D eigenvalue weighted by Gasteiger charge is 2.11. The summed E-state index contributed by atoms with van der Waals surface area (Å²) >= 11 is 1.26. The van der Waals surface area contributed by atoms with Gasteiger partial charge in [-0.15, -0.1) is 0 Å². The molecule has 0 amide bonds. The number of fused-ring (bicyclic) bond motifs is 1. The van der Waals surface area contributed by atoms with Gasteiger partial charge in [0, 0.05) is 28.9 Å². The number of ether oxygens (including phenoxy) is 1. The molecule has 0 saturated heterocycles. The molecule has 3 aromatic rings. The molecule has 0 fully saturated rings. The number of nitrogens with one attached hydrogen (secondary N) is 1. The van der Waals surface area contributed by atoms with Crippen molar-refractivity contribution in [3.63, 3.8) is 0 Å². The van der Waals surface area contributed by atoms with E-state index < -0.39 is 0 Å². The third-order valence-corrected chi connectivity index (χ3v) is 3.71. The number of hydrogen-bond donors (Lipinski definition) is 1. The van der Waals surface area contributed by atoms with E-state index in [-0.39, 0.29) is 5.97 Å². The van der Waals surface area contributed by atoms with Gasteiger partial charge in [0.15, 0.2) is 5.13 Å². The fourth-order valence-corrected chi connectivity index (χ4v) is 2.62. The molecule has 0 aliphatic heterocycles. The molecule has 6 heteroatoms. The lowest BCUT2D eigenvalue weighted by Gasteiger charge is -2.06. The highest BCUT2D eigenvalue weighted by atomic mass is 32.1. The topological polar surface area (TPSA) is 64.1 Å². The summed E-state index contributed by atoms with van der Waals surface area (Å²) in [6.45, 7) is 0. The lowest BCUT2D eigenvalue weighted by Crippen LogP contribution is -1.96. The van der Waals surface area contributed by atoms with Crippen LogP contribution in [0.3, 0.4) is 0 Å². The van der Waals surface area contributed by atoms with E-state index in [0.717, 1.165) is 16.5 Å². The minimum atomic E-state index is -0.377. The van der Waals surface area contributed by atoms with Gasteiger partial charge in [-0.2, -0.15) is 0 Å². The molecule has 0 spiro atoms. The minimum Gasteiger partial charge on any atom is -0.465 e. The maximum absolute atomic E-state index is 11.4. The Morgan fingerprint density at radius 3 is 3.05 bits per heavy atom. The van der Waals surface area contributed by atoms with Crippen LogP contribution in [0.1, 0.15) is 9.67 Å². The Bertz CT molecular complexity index is 764. The van der Waals surface area contributed by atoms with Gasteiger partial charge >= 0.3 is 5.97 Å². The SMILES string of the molecule is COC(=O)c1cnc(Nc2cccc3cnccc23)s1. The summed E-state index contributed by atoms with van der Waals surface area (Å²) in [7, 11) is 1.35. The summed E-state index contributed by atoms with van der Waals surface area (Å²) in [4.78, 5) is 20.1. The van der Waals surface area contributed by atoms with Crippen molar-refractivity contribution in [3.8, 4) is 0 Å². The van der Waals surface area contributed by atoms with Gasteiger partial charge in [-0.3, -0.25) is 4.98 Å². The Morgan fingerprint density at radius 2 is 2.20 bits per heavy atom. The first kappa shape index (κ1) is 12.6. The number of thiazole rings is 1. The number of hydrogen-bond acceptors (Lipinski definition) is 6. The average molecular weight is 285 g/mol. The summed E-state index contributed by atoms with van der Waals surface area (Å²) < 4.78 is 4.67. The van der Waals surface area contributed by atoms with Crippen LogP contribution in [0.2, 0.25) is 0 Å². The Balaban J connectivity index is 1.93. The Labute approximate surface area is 119 Å². The summed E-state index contributed by atoms with van der Waals surface area (Å²) in [5.74, 6) is -0.377. The number of aromatic nitrogens is 2. The van der Waals surface area contributed by atoms with E-state index in [1.807, 2.05) is 30.5 Å². The van der Waals surface area contributed by atoms with Gasteiger partial charge < -0.3 is 10.1 Å². The van der Waals surface area contributed by atoms with Crippen LogP contribution < -0.4 is 5.32 Å². The highest BCUT2D eigenvalue weighted by molar-refractivity contribution is 7.17. The number of anilines is 2. The predicted octanol–water partition coefficient (Wildman–Crippen LogP) is 3.22. The number of rotatable bonds is 3. The first-order valence-electron chi connectivity index (χ1n) is 5.92. The number of benzene rings is 1. The average Bonchev–Trinajstić information content (AvgIpc) is 2.95. The number of pyridine rings is 1. The molecule has 2 heterocycles. The van der Waals surface area contributed by atoms with E-state index in [0.29, 0.717) is 10.0 Å². The minimum absolute atomic E-state index is 0.377. The molecule has 1 aromatic carbocycles. The van der Waals surface area contributed by atoms with Crippen molar-refractivity contribution in [2.75, 3.05) is 12.4 Å². The second kappa shape index (κ2) is 5.26. The Morgan fingerprint density at radius 1 is 1.30 bits per heavy atom. The second-order valence-corrected chi connectivity index (χ2v) is 5.08. The third-order valence-electron chi connectivity index (χ3n) is 2.81. The molecule has 20 heavy (non-hydrogen) atoms. The Kier molecular flexibility index (Phi) is 3.30. The van der Waals surface area contributed by atoms with Gasteiger partial charge in [0.25, 0.3) is 0 Å². The van der Waals surface area contributed by atoms with Crippen molar-refractivity contribution >= 4 is 38.9 Å². The van der Waals surface area contributed by atoms with Crippen LogP contribution in [0.5, 0.6) is 0 Å². The molecule has 0 saturated carbocycles. The largest absolute Gasteiger partial charge is 0.465 e. The van der Waals surface area contributed by atoms with Crippen LogP contribution in [-0.4, -0.2) is 23.0 Å². The number of carbonyl (C=O) groups is 1.